The van der Waals surface area contributed by atoms with Crippen LogP contribution in [0.25, 0.3) is 16.2 Å². The molecule has 0 fully saturated rings. The van der Waals surface area contributed by atoms with Crippen LogP contribution in [0.3, 0.4) is 0 Å². The lowest BCUT2D eigenvalue weighted by molar-refractivity contribution is -0.119. The summed E-state index contributed by atoms with van der Waals surface area (Å²) in [6.07, 6.45) is 0. The van der Waals surface area contributed by atoms with E-state index < -0.39 is 24.5 Å². The number of nitrogens with zero attached hydrogens (tertiary/aromatic N) is 4. The first-order valence-electron chi connectivity index (χ1n) is 10.4. The number of benzene rings is 1. The molecular weight excluding hydrogens is 458 g/mol. The van der Waals surface area contributed by atoms with E-state index in [4.69, 9.17) is 9.47 Å². The molecule has 11 heteroatoms. The highest BCUT2D eigenvalue weighted by atomic mass is 32.1. The number of aryl methyl sites for hydroxylation is 2. The number of ether oxygens (including phenoxy) is 2. The third-order valence-corrected chi connectivity index (χ3v) is 5.82. The fraction of sp³-hybridized carbons (Fsp3) is 0.217. The molecule has 1 aromatic carbocycles. The minimum Gasteiger partial charge on any atom is -0.462 e. The summed E-state index contributed by atoms with van der Waals surface area (Å²) in [6, 6.07) is 12.9. The van der Waals surface area contributed by atoms with Crippen molar-refractivity contribution in [3.8, 4) is 10.4 Å². The van der Waals surface area contributed by atoms with Gasteiger partial charge in [0.25, 0.3) is 17.5 Å². The van der Waals surface area contributed by atoms with Crippen molar-refractivity contribution in [3.63, 3.8) is 0 Å². The topological polar surface area (TPSA) is 125 Å². The molecule has 0 saturated heterocycles. The van der Waals surface area contributed by atoms with Crippen molar-refractivity contribution in [2.24, 2.45) is 0 Å². The molecule has 0 aliphatic rings. The van der Waals surface area contributed by atoms with Gasteiger partial charge in [-0.05, 0) is 38.5 Å². The van der Waals surface area contributed by atoms with Crippen LogP contribution in [-0.2, 0) is 14.3 Å². The quantitative estimate of drug-likeness (QED) is 0.400. The molecule has 174 valence electrons. The van der Waals surface area contributed by atoms with E-state index in [-0.39, 0.29) is 28.8 Å². The molecule has 0 aliphatic heterocycles. The van der Waals surface area contributed by atoms with Crippen molar-refractivity contribution in [1.29, 1.82) is 0 Å². The normalized spacial score (nSPS) is 10.8. The number of nitrogens with one attached hydrogen (secondary N) is 1. The predicted molar refractivity (Wildman–Crippen MR) is 125 cm³/mol. The van der Waals surface area contributed by atoms with Gasteiger partial charge in [-0.25, -0.2) is 19.1 Å². The van der Waals surface area contributed by atoms with Gasteiger partial charge in [-0.3, -0.25) is 4.79 Å². The van der Waals surface area contributed by atoms with Crippen LogP contribution in [0.2, 0.25) is 0 Å². The second-order valence-corrected chi connectivity index (χ2v) is 8.30. The van der Waals surface area contributed by atoms with E-state index in [1.165, 1.54) is 15.9 Å². The molecule has 0 atom stereocenters. The van der Waals surface area contributed by atoms with Gasteiger partial charge in [0, 0.05) is 16.3 Å². The van der Waals surface area contributed by atoms with Crippen LogP contribution >= 0.6 is 11.3 Å². The van der Waals surface area contributed by atoms with E-state index in [0.29, 0.717) is 0 Å². The summed E-state index contributed by atoms with van der Waals surface area (Å²) in [6.45, 7) is 4.93. The second-order valence-electron chi connectivity index (χ2n) is 7.25. The smallest absolute Gasteiger partial charge is 0.378 e. The number of hydrogen-bond acceptors (Lipinski definition) is 9. The van der Waals surface area contributed by atoms with Gasteiger partial charge in [0.15, 0.2) is 6.61 Å². The molecule has 0 bridgehead atoms. The van der Waals surface area contributed by atoms with Crippen molar-refractivity contribution >= 4 is 40.6 Å². The van der Waals surface area contributed by atoms with Gasteiger partial charge in [0.2, 0.25) is 0 Å². The molecule has 1 amide bonds. The molecule has 10 nitrogen and oxygen atoms in total. The molecule has 0 saturated carbocycles. The fourth-order valence-electron chi connectivity index (χ4n) is 3.21. The Kier molecular flexibility index (Phi) is 6.64. The van der Waals surface area contributed by atoms with E-state index in [9.17, 15) is 14.4 Å². The van der Waals surface area contributed by atoms with Gasteiger partial charge in [0.1, 0.15) is 4.88 Å². The standard InChI is InChI=1S/C23H21N5O5S/c1-4-32-21(30)19-16(11-17(34-19)15-8-6-5-7-9-15)25-18(29)12-33-22(31)20-26-23-24-13(2)10-14(3)28(23)27-20/h5-11H,4,12H2,1-3H3,(H,25,29). The van der Waals surface area contributed by atoms with Crippen molar-refractivity contribution < 1.29 is 23.9 Å². The van der Waals surface area contributed by atoms with Gasteiger partial charge in [-0.2, -0.15) is 4.98 Å². The number of carbonyl (C=O) groups is 3. The highest BCUT2D eigenvalue weighted by Gasteiger charge is 2.22. The van der Waals surface area contributed by atoms with E-state index >= 15 is 0 Å². The van der Waals surface area contributed by atoms with Crippen LogP contribution in [0.4, 0.5) is 5.69 Å². The number of carbonyl (C=O) groups excluding carboxylic acids is 3. The first-order chi connectivity index (χ1) is 16.4. The van der Waals surface area contributed by atoms with E-state index in [1.54, 1.807) is 19.1 Å². The van der Waals surface area contributed by atoms with E-state index in [0.717, 1.165) is 21.8 Å². The van der Waals surface area contributed by atoms with Gasteiger partial charge in [0.05, 0.1) is 12.3 Å². The Balaban J connectivity index is 1.47. The van der Waals surface area contributed by atoms with Crippen LogP contribution in [0.1, 0.15) is 38.6 Å². The second kappa shape index (κ2) is 9.79. The summed E-state index contributed by atoms with van der Waals surface area (Å²) < 4.78 is 11.6. The molecule has 1 N–H and O–H groups in total. The molecule has 0 aliphatic carbocycles. The SMILES string of the molecule is CCOC(=O)c1sc(-c2ccccc2)cc1NC(=O)COC(=O)c1nc2nc(C)cc(C)n2n1. The largest absolute Gasteiger partial charge is 0.462 e. The van der Waals surface area contributed by atoms with Gasteiger partial charge >= 0.3 is 11.9 Å². The number of aromatic nitrogens is 4. The third-order valence-electron chi connectivity index (χ3n) is 4.66. The number of esters is 2. The van der Waals surface area contributed by atoms with Crippen LogP contribution in [0.5, 0.6) is 0 Å². The number of amides is 1. The lowest BCUT2D eigenvalue weighted by atomic mass is 10.2. The molecule has 34 heavy (non-hydrogen) atoms. The number of rotatable bonds is 7. The van der Waals surface area contributed by atoms with Crippen molar-refractivity contribution in [3.05, 3.63) is 64.6 Å². The van der Waals surface area contributed by atoms with Crippen LogP contribution in [0, 0.1) is 13.8 Å². The average molecular weight is 480 g/mol. The van der Waals surface area contributed by atoms with Gasteiger partial charge in [-0.1, -0.05) is 30.3 Å². The summed E-state index contributed by atoms with van der Waals surface area (Å²) in [7, 11) is 0. The maximum Gasteiger partial charge on any atom is 0.378 e. The number of anilines is 1. The zero-order valence-electron chi connectivity index (χ0n) is 18.7. The Morgan fingerprint density at radius 3 is 2.53 bits per heavy atom. The molecular formula is C23H21N5O5S. The summed E-state index contributed by atoms with van der Waals surface area (Å²) in [5.74, 6) is -1.97. The summed E-state index contributed by atoms with van der Waals surface area (Å²) in [4.78, 5) is 46.6. The summed E-state index contributed by atoms with van der Waals surface area (Å²) >= 11 is 1.20. The van der Waals surface area contributed by atoms with Crippen molar-refractivity contribution in [1.82, 2.24) is 19.6 Å². The minimum atomic E-state index is -0.862. The Labute approximate surface area is 198 Å². The number of thiophene rings is 1. The predicted octanol–water partition coefficient (Wildman–Crippen LogP) is 3.44. The number of fused-ring (bicyclic) bond motifs is 1. The Hall–Kier alpha value is -4.12. The Morgan fingerprint density at radius 1 is 1.03 bits per heavy atom. The zero-order valence-corrected chi connectivity index (χ0v) is 19.5. The minimum absolute atomic E-state index is 0.197. The molecule has 0 unspecified atom stereocenters. The lowest BCUT2D eigenvalue weighted by Crippen LogP contribution is -2.22. The molecule has 4 aromatic rings. The van der Waals surface area contributed by atoms with Gasteiger partial charge < -0.3 is 14.8 Å². The molecule has 3 heterocycles. The van der Waals surface area contributed by atoms with Gasteiger partial charge in [-0.15, -0.1) is 16.4 Å². The van der Waals surface area contributed by atoms with Crippen LogP contribution in [-0.4, -0.2) is 50.6 Å². The maximum atomic E-state index is 12.5. The van der Waals surface area contributed by atoms with E-state index in [1.807, 2.05) is 44.2 Å². The highest BCUT2D eigenvalue weighted by Crippen LogP contribution is 2.35. The van der Waals surface area contributed by atoms with Crippen LogP contribution < -0.4 is 5.32 Å². The molecule has 3 aromatic heterocycles. The lowest BCUT2D eigenvalue weighted by Gasteiger charge is -2.06. The molecule has 4 rings (SSSR count). The molecule has 0 radical (unpaired) electrons. The highest BCUT2D eigenvalue weighted by molar-refractivity contribution is 7.18. The average Bonchev–Trinajstić information content (AvgIpc) is 3.43. The van der Waals surface area contributed by atoms with Crippen molar-refractivity contribution in [2.45, 2.75) is 20.8 Å². The van der Waals surface area contributed by atoms with E-state index in [2.05, 4.69) is 20.4 Å². The summed E-state index contributed by atoms with van der Waals surface area (Å²) in [5.41, 5.74) is 2.66. The number of hydrogen-bond donors (Lipinski definition) is 1. The zero-order chi connectivity index (χ0) is 24.2. The maximum absolute atomic E-state index is 12.5. The Bertz CT molecular complexity index is 1380. The molecule has 0 spiro atoms. The van der Waals surface area contributed by atoms with Crippen molar-refractivity contribution in [2.75, 3.05) is 18.5 Å². The third kappa shape index (κ3) is 4.94. The monoisotopic (exact) mass is 479 g/mol. The summed E-state index contributed by atoms with van der Waals surface area (Å²) in [5, 5.41) is 6.71. The Morgan fingerprint density at radius 2 is 1.79 bits per heavy atom. The fourth-order valence-corrected chi connectivity index (χ4v) is 4.22. The van der Waals surface area contributed by atoms with Crippen LogP contribution in [0.15, 0.2) is 42.5 Å². The first kappa shape index (κ1) is 23.1. The first-order valence-corrected chi connectivity index (χ1v) is 11.2.